The van der Waals surface area contributed by atoms with E-state index < -0.39 is 0 Å². The predicted octanol–water partition coefficient (Wildman–Crippen LogP) is 1.68. The van der Waals surface area contributed by atoms with Gasteiger partial charge in [-0.05, 0) is 13.8 Å². The molecule has 0 aliphatic heterocycles. The van der Waals surface area contributed by atoms with Gasteiger partial charge in [0.05, 0.1) is 28.3 Å². The lowest BCUT2D eigenvalue weighted by Crippen LogP contribution is -2.17. The third-order valence-electron chi connectivity index (χ3n) is 2.85. The van der Waals surface area contributed by atoms with E-state index in [4.69, 9.17) is 11.6 Å². The van der Waals surface area contributed by atoms with Gasteiger partial charge in [0, 0.05) is 14.1 Å². The summed E-state index contributed by atoms with van der Waals surface area (Å²) in [5, 5.41) is 11.3. The molecule has 0 unspecified atom stereocenters. The van der Waals surface area contributed by atoms with E-state index in [-0.39, 0.29) is 5.91 Å². The highest BCUT2D eigenvalue weighted by molar-refractivity contribution is 6.34. The highest BCUT2D eigenvalue weighted by atomic mass is 35.5. The van der Waals surface area contributed by atoms with Crippen LogP contribution in [0.5, 0.6) is 0 Å². The average molecular weight is 268 g/mol. The molecular formula is C11H14ClN5O. The molecule has 0 saturated heterocycles. The van der Waals surface area contributed by atoms with Crippen LogP contribution < -0.4 is 5.32 Å². The Morgan fingerprint density at radius 3 is 2.44 bits per heavy atom. The topological polar surface area (TPSA) is 64.7 Å². The predicted molar refractivity (Wildman–Crippen MR) is 68.9 cm³/mol. The molecule has 0 fully saturated rings. The lowest BCUT2D eigenvalue weighted by molar-refractivity contribution is 0.101. The van der Waals surface area contributed by atoms with Crippen molar-refractivity contribution < 1.29 is 4.79 Å². The maximum atomic E-state index is 12.1. The second-order valence-electron chi connectivity index (χ2n) is 4.09. The first-order chi connectivity index (χ1) is 8.41. The highest BCUT2D eigenvalue weighted by Gasteiger charge is 2.19. The first-order valence-electron chi connectivity index (χ1n) is 5.41. The Hall–Kier alpha value is -1.82. The average Bonchev–Trinajstić information content (AvgIpc) is 2.73. The third-order valence-corrected chi connectivity index (χ3v) is 3.30. The number of aromatic nitrogens is 4. The van der Waals surface area contributed by atoms with E-state index in [0.717, 1.165) is 5.69 Å². The number of nitrogens with zero attached hydrogens (tertiary/aromatic N) is 4. The van der Waals surface area contributed by atoms with Crippen LogP contribution in [-0.4, -0.2) is 25.5 Å². The number of aryl methyl sites for hydroxylation is 3. The van der Waals surface area contributed by atoms with Gasteiger partial charge in [-0.15, -0.1) is 0 Å². The van der Waals surface area contributed by atoms with Crippen LogP contribution in [0.1, 0.15) is 21.9 Å². The fourth-order valence-electron chi connectivity index (χ4n) is 1.68. The summed E-state index contributed by atoms with van der Waals surface area (Å²) < 4.78 is 3.16. The number of hydrogen-bond donors (Lipinski definition) is 1. The van der Waals surface area contributed by atoms with E-state index in [0.29, 0.717) is 22.1 Å². The van der Waals surface area contributed by atoms with E-state index in [1.54, 1.807) is 24.9 Å². The summed E-state index contributed by atoms with van der Waals surface area (Å²) in [7, 11) is 3.50. The second kappa shape index (κ2) is 4.45. The molecule has 0 saturated carbocycles. The smallest absolute Gasteiger partial charge is 0.275 e. The Balaban J connectivity index is 2.30. The van der Waals surface area contributed by atoms with Crippen LogP contribution in [-0.2, 0) is 14.1 Å². The van der Waals surface area contributed by atoms with Crippen molar-refractivity contribution in [3.8, 4) is 0 Å². The van der Waals surface area contributed by atoms with Gasteiger partial charge in [0.1, 0.15) is 5.69 Å². The van der Waals surface area contributed by atoms with Crippen molar-refractivity contribution in [2.24, 2.45) is 14.1 Å². The van der Waals surface area contributed by atoms with E-state index in [9.17, 15) is 4.79 Å². The van der Waals surface area contributed by atoms with Crippen molar-refractivity contribution >= 4 is 23.2 Å². The summed E-state index contributed by atoms with van der Waals surface area (Å²) in [6.45, 7) is 3.63. The lowest BCUT2D eigenvalue weighted by Gasteiger charge is -2.05. The minimum atomic E-state index is -0.292. The molecule has 0 radical (unpaired) electrons. The summed E-state index contributed by atoms with van der Waals surface area (Å²) >= 11 is 6.06. The number of rotatable bonds is 2. The van der Waals surface area contributed by atoms with E-state index in [1.807, 2.05) is 14.0 Å². The highest BCUT2D eigenvalue weighted by Crippen LogP contribution is 2.21. The Morgan fingerprint density at radius 2 is 2.00 bits per heavy atom. The minimum absolute atomic E-state index is 0.292. The van der Waals surface area contributed by atoms with Crippen LogP contribution in [0.15, 0.2) is 6.20 Å². The molecule has 2 aromatic rings. The maximum absolute atomic E-state index is 12.1. The van der Waals surface area contributed by atoms with Gasteiger partial charge in [-0.2, -0.15) is 10.2 Å². The Kier molecular flexibility index (Phi) is 3.13. The zero-order valence-corrected chi connectivity index (χ0v) is 11.4. The molecule has 0 aromatic carbocycles. The van der Waals surface area contributed by atoms with Crippen molar-refractivity contribution in [2.75, 3.05) is 5.32 Å². The van der Waals surface area contributed by atoms with E-state index >= 15 is 0 Å². The molecule has 18 heavy (non-hydrogen) atoms. The molecule has 1 amide bonds. The SMILES string of the molecule is Cc1nn(C)c(C(=O)Nc2cnn(C)c2C)c1Cl. The molecule has 7 heteroatoms. The van der Waals surface area contributed by atoms with Crippen molar-refractivity contribution in [1.29, 1.82) is 0 Å². The van der Waals surface area contributed by atoms with Gasteiger partial charge < -0.3 is 5.32 Å². The van der Waals surface area contributed by atoms with Crippen molar-refractivity contribution in [3.63, 3.8) is 0 Å². The zero-order valence-electron chi connectivity index (χ0n) is 10.7. The fourth-order valence-corrected chi connectivity index (χ4v) is 1.93. The van der Waals surface area contributed by atoms with Crippen LogP contribution in [0.4, 0.5) is 5.69 Å². The van der Waals surface area contributed by atoms with Gasteiger partial charge in [-0.3, -0.25) is 14.2 Å². The van der Waals surface area contributed by atoms with Crippen LogP contribution in [0.3, 0.4) is 0 Å². The molecule has 0 bridgehead atoms. The van der Waals surface area contributed by atoms with Crippen molar-refractivity contribution in [1.82, 2.24) is 19.6 Å². The number of anilines is 1. The summed E-state index contributed by atoms with van der Waals surface area (Å²) in [5.74, 6) is -0.292. The standard InChI is InChI=1S/C11H14ClN5O/c1-6-9(12)10(17(4)15-6)11(18)14-8-5-13-16(3)7(8)2/h5H,1-4H3,(H,14,18). The third kappa shape index (κ3) is 1.99. The van der Waals surface area contributed by atoms with E-state index in [2.05, 4.69) is 15.5 Å². The molecule has 2 heterocycles. The molecular weight excluding hydrogens is 254 g/mol. The van der Waals surface area contributed by atoms with Gasteiger partial charge in [-0.1, -0.05) is 11.6 Å². The van der Waals surface area contributed by atoms with Gasteiger partial charge in [0.25, 0.3) is 5.91 Å². The fraction of sp³-hybridized carbons (Fsp3) is 0.364. The van der Waals surface area contributed by atoms with Gasteiger partial charge in [0.15, 0.2) is 0 Å². The van der Waals surface area contributed by atoms with Crippen LogP contribution in [0.2, 0.25) is 5.02 Å². The molecule has 0 spiro atoms. The zero-order chi connectivity index (χ0) is 13.4. The summed E-state index contributed by atoms with van der Waals surface area (Å²) in [4.78, 5) is 12.1. The van der Waals surface area contributed by atoms with Crippen LogP contribution in [0, 0.1) is 13.8 Å². The Labute approximate surface area is 110 Å². The van der Waals surface area contributed by atoms with Gasteiger partial charge >= 0.3 is 0 Å². The number of hydrogen-bond acceptors (Lipinski definition) is 3. The molecule has 0 atom stereocenters. The molecule has 2 rings (SSSR count). The maximum Gasteiger partial charge on any atom is 0.275 e. The summed E-state index contributed by atoms with van der Waals surface area (Å²) in [6, 6.07) is 0. The molecule has 6 nitrogen and oxygen atoms in total. The Morgan fingerprint density at radius 1 is 1.33 bits per heavy atom. The number of amides is 1. The Bertz CT molecular complexity index is 613. The lowest BCUT2D eigenvalue weighted by atomic mass is 10.3. The normalized spacial score (nSPS) is 10.7. The molecule has 0 aliphatic rings. The van der Waals surface area contributed by atoms with E-state index in [1.165, 1.54) is 4.68 Å². The number of nitrogens with one attached hydrogen (secondary N) is 1. The quantitative estimate of drug-likeness (QED) is 0.900. The summed E-state index contributed by atoms with van der Waals surface area (Å²) in [6.07, 6.45) is 1.60. The molecule has 96 valence electrons. The first-order valence-corrected chi connectivity index (χ1v) is 5.78. The van der Waals surface area contributed by atoms with Crippen LogP contribution in [0.25, 0.3) is 0 Å². The molecule has 2 aromatic heterocycles. The summed E-state index contributed by atoms with van der Waals surface area (Å²) in [5.41, 5.74) is 2.51. The van der Waals surface area contributed by atoms with Gasteiger partial charge in [0.2, 0.25) is 0 Å². The number of carbonyl (C=O) groups excluding carboxylic acids is 1. The van der Waals surface area contributed by atoms with Crippen molar-refractivity contribution in [2.45, 2.75) is 13.8 Å². The first kappa shape index (κ1) is 12.6. The number of halogens is 1. The van der Waals surface area contributed by atoms with Crippen LogP contribution >= 0.6 is 11.6 Å². The van der Waals surface area contributed by atoms with Crippen molar-refractivity contribution in [3.05, 3.63) is 28.3 Å². The monoisotopic (exact) mass is 267 g/mol. The largest absolute Gasteiger partial charge is 0.318 e. The van der Waals surface area contributed by atoms with Gasteiger partial charge in [-0.25, -0.2) is 0 Å². The number of carbonyl (C=O) groups is 1. The molecule has 1 N–H and O–H groups in total. The molecule has 0 aliphatic carbocycles. The minimum Gasteiger partial charge on any atom is -0.318 e. The second-order valence-corrected chi connectivity index (χ2v) is 4.47.